The van der Waals surface area contributed by atoms with E-state index in [4.69, 9.17) is 0 Å². The molecular weight excluding hydrogens is 282 g/mol. The number of rotatable bonds is 3. The van der Waals surface area contributed by atoms with E-state index in [2.05, 4.69) is 17.2 Å². The summed E-state index contributed by atoms with van der Waals surface area (Å²) in [4.78, 5) is 37.6. The lowest BCUT2D eigenvalue weighted by atomic mass is 10.1. The van der Waals surface area contributed by atoms with Gasteiger partial charge in [0.1, 0.15) is 0 Å². The van der Waals surface area contributed by atoms with Crippen molar-refractivity contribution in [3.8, 4) is 0 Å². The molecule has 1 heterocycles. The third-order valence-electron chi connectivity index (χ3n) is 3.22. The van der Waals surface area contributed by atoms with Crippen LogP contribution in [0.15, 0.2) is 30.9 Å². The standard InChI is InChI=1S/C16H19N3O3/c1-5-8-17-15(22)18-10-6-7-11-12(9-10)14(21)19(13(11)20)16(2,3)4/h5-7,9H,1,8H2,2-4H3,(H2,17,18,22). The summed E-state index contributed by atoms with van der Waals surface area (Å²) in [6.45, 7) is 9.25. The number of fused-ring (bicyclic) bond motifs is 1. The molecule has 1 aromatic rings. The highest BCUT2D eigenvalue weighted by molar-refractivity contribution is 6.22. The van der Waals surface area contributed by atoms with E-state index in [0.717, 1.165) is 0 Å². The highest BCUT2D eigenvalue weighted by Gasteiger charge is 2.41. The first-order chi connectivity index (χ1) is 10.3. The maximum atomic E-state index is 12.4. The van der Waals surface area contributed by atoms with E-state index in [9.17, 15) is 14.4 Å². The number of urea groups is 1. The number of nitrogens with zero attached hydrogens (tertiary/aromatic N) is 1. The molecule has 4 amide bonds. The SMILES string of the molecule is C=CCNC(=O)Nc1ccc2c(c1)C(=O)N(C(C)(C)C)C2=O. The minimum atomic E-state index is -0.595. The molecule has 0 unspecified atom stereocenters. The minimum absolute atomic E-state index is 0.307. The predicted octanol–water partition coefficient (Wildman–Crippen LogP) is 2.39. The van der Waals surface area contributed by atoms with Gasteiger partial charge in [-0.1, -0.05) is 6.08 Å². The number of anilines is 1. The molecule has 2 rings (SSSR count). The lowest BCUT2D eigenvalue weighted by molar-refractivity contribution is 0.0508. The quantitative estimate of drug-likeness (QED) is 0.664. The van der Waals surface area contributed by atoms with Gasteiger partial charge in [0, 0.05) is 17.8 Å². The number of hydrogen-bond donors (Lipinski definition) is 2. The van der Waals surface area contributed by atoms with Crippen LogP contribution in [0.4, 0.5) is 10.5 Å². The van der Waals surface area contributed by atoms with E-state index in [1.807, 2.05) is 0 Å². The van der Waals surface area contributed by atoms with Gasteiger partial charge in [-0.05, 0) is 39.0 Å². The third kappa shape index (κ3) is 2.86. The molecular formula is C16H19N3O3. The number of nitrogens with one attached hydrogen (secondary N) is 2. The minimum Gasteiger partial charge on any atom is -0.334 e. The fourth-order valence-electron chi connectivity index (χ4n) is 2.27. The van der Waals surface area contributed by atoms with Crippen LogP contribution in [0.5, 0.6) is 0 Å². The van der Waals surface area contributed by atoms with Crippen molar-refractivity contribution in [2.45, 2.75) is 26.3 Å². The highest BCUT2D eigenvalue weighted by atomic mass is 16.2. The van der Waals surface area contributed by atoms with Crippen LogP contribution in [0.2, 0.25) is 0 Å². The van der Waals surface area contributed by atoms with E-state index >= 15 is 0 Å². The summed E-state index contributed by atoms with van der Waals surface area (Å²) in [7, 11) is 0. The number of imide groups is 1. The molecule has 6 heteroatoms. The summed E-state index contributed by atoms with van der Waals surface area (Å²) in [6, 6.07) is 4.28. The first-order valence-electron chi connectivity index (χ1n) is 6.94. The molecule has 1 aliphatic heterocycles. The van der Waals surface area contributed by atoms with Gasteiger partial charge in [-0.25, -0.2) is 4.79 Å². The lowest BCUT2D eigenvalue weighted by Crippen LogP contribution is -2.45. The Hall–Kier alpha value is -2.63. The molecule has 0 radical (unpaired) electrons. The van der Waals surface area contributed by atoms with Crippen molar-refractivity contribution < 1.29 is 14.4 Å². The van der Waals surface area contributed by atoms with Crippen LogP contribution in [0.25, 0.3) is 0 Å². The largest absolute Gasteiger partial charge is 0.334 e. The van der Waals surface area contributed by atoms with Crippen molar-refractivity contribution in [3.05, 3.63) is 42.0 Å². The Bertz CT molecular complexity index is 659. The van der Waals surface area contributed by atoms with Crippen molar-refractivity contribution in [1.29, 1.82) is 0 Å². The Labute approximate surface area is 129 Å². The molecule has 6 nitrogen and oxygen atoms in total. The first kappa shape index (κ1) is 15.8. The number of benzene rings is 1. The van der Waals surface area contributed by atoms with Gasteiger partial charge in [-0.15, -0.1) is 6.58 Å². The summed E-state index contributed by atoms with van der Waals surface area (Å²) in [5.74, 6) is -0.655. The second-order valence-electron chi connectivity index (χ2n) is 6.00. The number of amides is 4. The predicted molar refractivity (Wildman–Crippen MR) is 83.9 cm³/mol. The summed E-state index contributed by atoms with van der Waals surface area (Å²) in [5, 5.41) is 5.19. The summed E-state index contributed by atoms with van der Waals surface area (Å²) < 4.78 is 0. The average Bonchev–Trinajstić information content (AvgIpc) is 2.68. The van der Waals surface area contributed by atoms with Gasteiger partial charge in [0.15, 0.2) is 0 Å². The van der Waals surface area contributed by atoms with Crippen LogP contribution in [0.1, 0.15) is 41.5 Å². The summed E-state index contributed by atoms with van der Waals surface area (Å²) in [5.41, 5.74) is 0.526. The molecule has 0 fully saturated rings. The Morgan fingerprint density at radius 3 is 2.45 bits per heavy atom. The van der Waals surface area contributed by atoms with Crippen molar-refractivity contribution in [2.75, 3.05) is 11.9 Å². The normalized spacial score (nSPS) is 13.9. The molecule has 0 aliphatic carbocycles. The van der Waals surface area contributed by atoms with Gasteiger partial charge in [0.05, 0.1) is 11.1 Å². The smallest absolute Gasteiger partial charge is 0.319 e. The monoisotopic (exact) mass is 301 g/mol. The molecule has 0 atom stereocenters. The molecule has 1 aliphatic rings. The van der Waals surface area contributed by atoms with Crippen LogP contribution in [-0.4, -0.2) is 34.8 Å². The van der Waals surface area contributed by atoms with E-state index in [0.29, 0.717) is 23.4 Å². The zero-order chi connectivity index (χ0) is 16.5. The van der Waals surface area contributed by atoms with Crippen LogP contribution in [0, 0.1) is 0 Å². The second kappa shape index (κ2) is 5.63. The highest BCUT2D eigenvalue weighted by Crippen LogP contribution is 2.30. The Morgan fingerprint density at radius 2 is 1.86 bits per heavy atom. The molecule has 0 saturated heterocycles. The fraction of sp³-hybridized carbons (Fsp3) is 0.312. The van der Waals surface area contributed by atoms with Crippen LogP contribution in [0.3, 0.4) is 0 Å². The van der Waals surface area contributed by atoms with Gasteiger partial charge >= 0.3 is 6.03 Å². The van der Waals surface area contributed by atoms with E-state index in [1.165, 1.54) is 11.0 Å². The van der Waals surface area contributed by atoms with Gasteiger partial charge in [0.2, 0.25) is 0 Å². The summed E-state index contributed by atoms with van der Waals surface area (Å²) >= 11 is 0. The Balaban J connectivity index is 2.26. The maximum absolute atomic E-state index is 12.4. The second-order valence-corrected chi connectivity index (χ2v) is 6.00. The van der Waals surface area contributed by atoms with Crippen LogP contribution in [-0.2, 0) is 0 Å². The van der Waals surface area contributed by atoms with Gasteiger partial charge < -0.3 is 10.6 Å². The maximum Gasteiger partial charge on any atom is 0.319 e. The molecule has 1 aromatic carbocycles. The van der Waals surface area contributed by atoms with E-state index in [-0.39, 0.29) is 11.8 Å². The number of carbonyl (C=O) groups excluding carboxylic acids is 3. The molecule has 0 spiro atoms. The van der Waals surface area contributed by atoms with Crippen molar-refractivity contribution in [2.24, 2.45) is 0 Å². The van der Waals surface area contributed by atoms with E-state index < -0.39 is 11.6 Å². The average molecular weight is 301 g/mol. The molecule has 2 N–H and O–H groups in total. The topological polar surface area (TPSA) is 78.5 Å². The Morgan fingerprint density at radius 1 is 1.23 bits per heavy atom. The van der Waals surface area contributed by atoms with Gasteiger partial charge in [-0.3, -0.25) is 14.5 Å². The van der Waals surface area contributed by atoms with Crippen LogP contribution >= 0.6 is 0 Å². The van der Waals surface area contributed by atoms with E-state index in [1.54, 1.807) is 39.0 Å². The molecule has 116 valence electrons. The summed E-state index contributed by atoms with van der Waals surface area (Å²) in [6.07, 6.45) is 1.56. The van der Waals surface area contributed by atoms with Gasteiger partial charge in [0.25, 0.3) is 11.8 Å². The number of hydrogen-bond acceptors (Lipinski definition) is 3. The first-order valence-corrected chi connectivity index (χ1v) is 6.94. The van der Waals surface area contributed by atoms with Crippen molar-refractivity contribution >= 4 is 23.5 Å². The molecule has 0 aromatic heterocycles. The lowest BCUT2D eigenvalue weighted by Gasteiger charge is -2.29. The zero-order valence-electron chi connectivity index (χ0n) is 12.9. The third-order valence-corrected chi connectivity index (χ3v) is 3.22. The van der Waals surface area contributed by atoms with Gasteiger partial charge in [-0.2, -0.15) is 0 Å². The van der Waals surface area contributed by atoms with Crippen molar-refractivity contribution in [1.82, 2.24) is 10.2 Å². The molecule has 0 saturated carbocycles. The molecule has 0 bridgehead atoms. The Kier molecular flexibility index (Phi) is 4.03. The van der Waals surface area contributed by atoms with Crippen LogP contribution < -0.4 is 10.6 Å². The fourth-order valence-corrected chi connectivity index (χ4v) is 2.27. The zero-order valence-corrected chi connectivity index (χ0v) is 12.9. The molecule has 22 heavy (non-hydrogen) atoms. The van der Waals surface area contributed by atoms with Crippen molar-refractivity contribution in [3.63, 3.8) is 0 Å². The number of carbonyl (C=O) groups is 3.